The molecule has 2 atom stereocenters. The topological polar surface area (TPSA) is 78.9 Å². The van der Waals surface area contributed by atoms with Crippen LogP contribution in [0.3, 0.4) is 0 Å². The van der Waals surface area contributed by atoms with Crippen molar-refractivity contribution < 1.29 is 32.6 Å². The highest BCUT2D eigenvalue weighted by Crippen LogP contribution is 2.34. The van der Waals surface area contributed by atoms with Crippen LogP contribution in [-0.2, 0) is 16.0 Å². The molecule has 130 valence electrons. The molecule has 2 heterocycles. The molecule has 24 heavy (non-hydrogen) atoms. The molecule has 2 unspecified atom stereocenters. The van der Waals surface area contributed by atoms with E-state index in [2.05, 4.69) is 10.1 Å². The van der Waals surface area contributed by atoms with Gasteiger partial charge in [0, 0.05) is 30.6 Å². The van der Waals surface area contributed by atoms with E-state index in [9.17, 15) is 27.9 Å². The van der Waals surface area contributed by atoms with E-state index in [4.69, 9.17) is 0 Å². The number of phenols is 1. The summed E-state index contributed by atoms with van der Waals surface area (Å²) in [7, 11) is 0. The Morgan fingerprint density at radius 1 is 1.42 bits per heavy atom. The van der Waals surface area contributed by atoms with Gasteiger partial charge in [0.25, 0.3) is 5.91 Å². The van der Waals surface area contributed by atoms with Gasteiger partial charge in [-0.25, -0.2) is 4.79 Å². The molecule has 0 aliphatic carbocycles. The number of piperazine rings is 1. The number of rotatable bonds is 1. The summed E-state index contributed by atoms with van der Waals surface area (Å²) in [5.74, 6) is -2.80. The highest BCUT2D eigenvalue weighted by molar-refractivity contribution is 5.99. The third-order valence-electron chi connectivity index (χ3n) is 4.30. The third kappa shape index (κ3) is 2.68. The molecule has 0 aromatic heterocycles. The molecule has 9 heteroatoms. The van der Waals surface area contributed by atoms with Gasteiger partial charge < -0.3 is 14.7 Å². The van der Waals surface area contributed by atoms with Crippen molar-refractivity contribution in [2.24, 2.45) is 0 Å². The summed E-state index contributed by atoms with van der Waals surface area (Å²) in [6.07, 6.45) is -6.30. The van der Waals surface area contributed by atoms with Crippen molar-refractivity contribution in [1.29, 1.82) is 0 Å². The van der Waals surface area contributed by atoms with Crippen molar-refractivity contribution in [2.45, 2.75) is 31.8 Å². The fourth-order valence-electron chi connectivity index (χ4n) is 3.18. The molecule has 1 aromatic rings. The maximum Gasteiger partial charge on any atom is 0.490 e. The van der Waals surface area contributed by atoms with Gasteiger partial charge in [0.15, 0.2) is 6.23 Å². The normalized spacial score (nSPS) is 23.5. The molecule has 6 nitrogen and oxygen atoms in total. The Morgan fingerprint density at radius 3 is 2.79 bits per heavy atom. The van der Waals surface area contributed by atoms with E-state index in [0.717, 1.165) is 0 Å². The number of halogens is 3. The number of benzene rings is 1. The van der Waals surface area contributed by atoms with Crippen LogP contribution in [0.25, 0.3) is 0 Å². The zero-order valence-corrected chi connectivity index (χ0v) is 12.7. The van der Waals surface area contributed by atoms with E-state index >= 15 is 0 Å². The zero-order chi connectivity index (χ0) is 17.6. The molecule has 2 N–H and O–H groups in total. The number of esters is 1. The fourth-order valence-corrected chi connectivity index (χ4v) is 3.18. The minimum absolute atomic E-state index is 0.0946. The fraction of sp³-hybridized carbons (Fsp3) is 0.467. The molecule has 1 saturated heterocycles. The number of ether oxygens (including phenoxy) is 1. The van der Waals surface area contributed by atoms with Gasteiger partial charge in [-0.05, 0) is 18.6 Å². The van der Waals surface area contributed by atoms with Gasteiger partial charge >= 0.3 is 12.1 Å². The van der Waals surface area contributed by atoms with Crippen LogP contribution in [-0.4, -0.2) is 53.4 Å². The van der Waals surface area contributed by atoms with Crippen molar-refractivity contribution in [2.75, 3.05) is 13.1 Å². The van der Waals surface area contributed by atoms with Crippen LogP contribution in [0.2, 0.25) is 0 Å². The number of aryl methyl sites for hydroxylation is 1. The highest BCUT2D eigenvalue weighted by atomic mass is 19.4. The second-order valence-corrected chi connectivity index (χ2v) is 5.80. The van der Waals surface area contributed by atoms with Crippen LogP contribution in [0.5, 0.6) is 5.75 Å². The Hall–Kier alpha value is -2.29. The Bertz CT molecular complexity index is 705. The summed E-state index contributed by atoms with van der Waals surface area (Å²) in [4.78, 5) is 25.2. The average Bonchev–Trinajstić information content (AvgIpc) is 2.51. The van der Waals surface area contributed by atoms with E-state index in [1.807, 2.05) is 0 Å². The van der Waals surface area contributed by atoms with E-state index in [-0.39, 0.29) is 31.2 Å². The number of fused-ring (bicyclic) bond motifs is 2. The first kappa shape index (κ1) is 16.6. The number of nitrogens with zero attached hydrogens (tertiary/aromatic N) is 1. The van der Waals surface area contributed by atoms with Crippen LogP contribution in [0.15, 0.2) is 12.1 Å². The van der Waals surface area contributed by atoms with E-state index in [1.54, 1.807) is 13.0 Å². The molecular formula is C15H15F3N2O4. The van der Waals surface area contributed by atoms with Crippen LogP contribution < -0.4 is 5.32 Å². The predicted octanol–water partition coefficient (Wildman–Crippen LogP) is 1.10. The third-order valence-corrected chi connectivity index (χ3v) is 4.30. The first-order valence-corrected chi connectivity index (χ1v) is 7.33. The lowest BCUT2D eigenvalue weighted by Gasteiger charge is -2.44. The first-order valence-electron chi connectivity index (χ1n) is 7.33. The number of alkyl halides is 3. The number of carbonyl (C=O) groups excluding carboxylic acids is 2. The van der Waals surface area contributed by atoms with Gasteiger partial charge in [-0.1, -0.05) is 6.07 Å². The molecule has 0 spiro atoms. The standard InChI is InChI=1S/C15H15F3N2O4/c1-7-2-3-10(21)8-6-9-12(24-14(23)15(16,17)18)19-4-5-20(9)13(22)11(7)8/h2-3,9,12,19,21H,4-6H2,1H3. The number of hydrogen-bond acceptors (Lipinski definition) is 5. The molecule has 1 amide bonds. The van der Waals surface area contributed by atoms with Gasteiger partial charge in [0.1, 0.15) is 5.75 Å². The second kappa shape index (κ2) is 5.66. The maximum absolute atomic E-state index is 12.7. The van der Waals surface area contributed by atoms with Crippen molar-refractivity contribution in [1.82, 2.24) is 10.2 Å². The SMILES string of the molecule is Cc1ccc(O)c2c1C(=O)N1CCNC(OC(=O)C(F)(F)F)C1C2. The van der Waals surface area contributed by atoms with Crippen LogP contribution in [0, 0.1) is 6.92 Å². The lowest BCUT2D eigenvalue weighted by Crippen LogP contribution is -2.63. The minimum Gasteiger partial charge on any atom is -0.508 e. The second-order valence-electron chi connectivity index (χ2n) is 5.80. The van der Waals surface area contributed by atoms with Gasteiger partial charge in [-0.2, -0.15) is 13.2 Å². The molecule has 2 aliphatic rings. The lowest BCUT2D eigenvalue weighted by molar-refractivity contribution is -0.210. The van der Waals surface area contributed by atoms with Crippen molar-refractivity contribution in [3.63, 3.8) is 0 Å². The minimum atomic E-state index is -5.11. The zero-order valence-electron chi connectivity index (χ0n) is 12.7. The summed E-state index contributed by atoms with van der Waals surface area (Å²) >= 11 is 0. The van der Waals surface area contributed by atoms with E-state index in [1.165, 1.54) is 11.0 Å². The molecule has 3 rings (SSSR count). The Balaban J connectivity index is 1.93. The molecule has 0 radical (unpaired) electrons. The van der Waals surface area contributed by atoms with E-state index in [0.29, 0.717) is 16.7 Å². The largest absolute Gasteiger partial charge is 0.508 e. The van der Waals surface area contributed by atoms with Crippen LogP contribution >= 0.6 is 0 Å². The van der Waals surface area contributed by atoms with Crippen molar-refractivity contribution in [3.05, 3.63) is 28.8 Å². The molecule has 1 fully saturated rings. The summed E-state index contributed by atoms with van der Waals surface area (Å²) < 4.78 is 41.8. The molecule has 0 saturated carbocycles. The Morgan fingerprint density at radius 2 is 2.12 bits per heavy atom. The van der Waals surface area contributed by atoms with Crippen molar-refractivity contribution in [3.8, 4) is 5.75 Å². The van der Waals surface area contributed by atoms with E-state index < -0.39 is 24.4 Å². The van der Waals surface area contributed by atoms with Crippen molar-refractivity contribution >= 4 is 11.9 Å². The Labute approximate surface area is 135 Å². The number of amides is 1. The number of aromatic hydroxyl groups is 1. The van der Waals surface area contributed by atoms with Crippen LogP contribution in [0.4, 0.5) is 13.2 Å². The van der Waals surface area contributed by atoms with Crippen LogP contribution in [0.1, 0.15) is 21.5 Å². The number of hydrogen-bond donors (Lipinski definition) is 2. The maximum atomic E-state index is 12.7. The highest BCUT2D eigenvalue weighted by Gasteiger charge is 2.47. The number of phenolic OH excluding ortho intramolecular Hbond substituents is 1. The molecule has 2 aliphatic heterocycles. The number of carbonyl (C=O) groups is 2. The molecular weight excluding hydrogens is 329 g/mol. The van der Waals surface area contributed by atoms with Gasteiger partial charge in [0.05, 0.1) is 6.04 Å². The van der Waals surface area contributed by atoms with Gasteiger partial charge in [-0.15, -0.1) is 0 Å². The quantitative estimate of drug-likeness (QED) is 0.746. The first-order chi connectivity index (χ1) is 11.2. The summed E-state index contributed by atoms with van der Waals surface area (Å²) in [6, 6.07) is 2.23. The summed E-state index contributed by atoms with van der Waals surface area (Å²) in [6.45, 7) is 2.20. The van der Waals surface area contributed by atoms with Gasteiger partial charge in [0.2, 0.25) is 0 Å². The number of nitrogens with one attached hydrogen (secondary N) is 1. The Kier molecular flexibility index (Phi) is 3.90. The summed E-state index contributed by atoms with van der Waals surface area (Å²) in [5, 5.41) is 12.7. The smallest absolute Gasteiger partial charge is 0.490 e. The monoisotopic (exact) mass is 344 g/mol. The lowest BCUT2D eigenvalue weighted by atomic mass is 9.88. The summed E-state index contributed by atoms with van der Waals surface area (Å²) in [5.41, 5.74) is 1.39. The predicted molar refractivity (Wildman–Crippen MR) is 75.3 cm³/mol. The van der Waals surface area contributed by atoms with Gasteiger partial charge in [-0.3, -0.25) is 10.1 Å². The molecule has 0 bridgehead atoms. The molecule has 1 aromatic carbocycles. The average molecular weight is 344 g/mol.